The number of nitrogens with one attached hydrogen (secondary N) is 1. The molecule has 1 aromatic carbocycles. The van der Waals surface area contributed by atoms with Crippen molar-refractivity contribution in [1.82, 2.24) is 15.1 Å². The molecule has 0 spiro atoms. The first-order valence-electron chi connectivity index (χ1n) is 7.20. The second-order valence-electron chi connectivity index (χ2n) is 5.27. The van der Waals surface area contributed by atoms with Crippen molar-refractivity contribution in [3.8, 4) is 0 Å². The Hall–Kier alpha value is -2.54. The number of fused-ring (bicyclic) bond motifs is 1. The van der Waals surface area contributed by atoms with E-state index in [0.717, 1.165) is 16.1 Å². The Morgan fingerprint density at radius 2 is 2.09 bits per heavy atom. The standard InChI is InChI=1S/C16H16N4O2S/c1-10-18-19-16(23-10)17-15(22)9-14-13-6-4-3-5-12(13)7-8-20(14)11(2)21/h3-8,14H,9H2,1-2H3,(H,17,19,22). The van der Waals surface area contributed by atoms with E-state index in [2.05, 4.69) is 15.5 Å². The molecule has 0 saturated heterocycles. The van der Waals surface area contributed by atoms with Crippen molar-refractivity contribution in [3.05, 3.63) is 46.6 Å². The van der Waals surface area contributed by atoms with Crippen molar-refractivity contribution in [2.45, 2.75) is 26.3 Å². The van der Waals surface area contributed by atoms with Gasteiger partial charge in [-0.15, -0.1) is 10.2 Å². The van der Waals surface area contributed by atoms with Gasteiger partial charge in [0.1, 0.15) is 5.01 Å². The quantitative estimate of drug-likeness (QED) is 0.940. The predicted octanol–water partition coefficient (Wildman–Crippen LogP) is 2.75. The van der Waals surface area contributed by atoms with Gasteiger partial charge >= 0.3 is 0 Å². The van der Waals surface area contributed by atoms with E-state index in [1.165, 1.54) is 18.3 Å². The van der Waals surface area contributed by atoms with E-state index in [1.54, 1.807) is 11.1 Å². The Bertz CT molecular complexity index is 784. The molecule has 0 radical (unpaired) electrons. The highest BCUT2D eigenvalue weighted by atomic mass is 32.1. The van der Waals surface area contributed by atoms with Gasteiger partial charge in [-0.1, -0.05) is 35.6 Å². The van der Waals surface area contributed by atoms with E-state index in [1.807, 2.05) is 37.3 Å². The molecule has 1 aliphatic rings. The topological polar surface area (TPSA) is 75.2 Å². The average Bonchev–Trinajstić information content (AvgIpc) is 2.92. The summed E-state index contributed by atoms with van der Waals surface area (Å²) in [7, 11) is 0. The van der Waals surface area contributed by atoms with Crippen LogP contribution in [0.2, 0.25) is 0 Å². The van der Waals surface area contributed by atoms with Gasteiger partial charge in [0.25, 0.3) is 0 Å². The molecule has 3 rings (SSSR count). The van der Waals surface area contributed by atoms with Gasteiger partial charge in [0.2, 0.25) is 16.9 Å². The summed E-state index contributed by atoms with van der Waals surface area (Å²) < 4.78 is 0. The van der Waals surface area contributed by atoms with Crippen LogP contribution in [0.25, 0.3) is 6.08 Å². The number of rotatable bonds is 3. The van der Waals surface area contributed by atoms with Gasteiger partial charge in [0.05, 0.1) is 12.5 Å². The minimum Gasteiger partial charge on any atom is -0.311 e. The Labute approximate surface area is 137 Å². The normalized spacial score (nSPS) is 16.1. The first kappa shape index (κ1) is 15.4. The van der Waals surface area contributed by atoms with E-state index < -0.39 is 0 Å². The molecule has 2 aromatic rings. The number of anilines is 1. The largest absolute Gasteiger partial charge is 0.311 e. The van der Waals surface area contributed by atoms with Gasteiger partial charge in [0.15, 0.2) is 0 Å². The first-order chi connectivity index (χ1) is 11.0. The highest BCUT2D eigenvalue weighted by molar-refractivity contribution is 7.15. The summed E-state index contributed by atoms with van der Waals surface area (Å²) in [5.74, 6) is -0.289. The molecule has 1 unspecified atom stereocenters. The zero-order valence-electron chi connectivity index (χ0n) is 12.8. The van der Waals surface area contributed by atoms with Crippen molar-refractivity contribution in [2.24, 2.45) is 0 Å². The molecule has 7 heteroatoms. The first-order valence-corrected chi connectivity index (χ1v) is 8.02. The van der Waals surface area contributed by atoms with Gasteiger partial charge in [-0.05, 0) is 24.1 Å². The number of aryl methyl sites for hydroxylation is 1. The van der Waals surface area contributed by atoms with Crippen LogP contribution in [0.5, 0.6) is 0 Å². The summed E-state index contributed by atoms with van der Waals surface area (Å²) in [6, 6.07) is 7.45. The highest BCUT2D eigenvalue weighted by Gasteiger charge is 2.28. The van der Waals surface area contributed by atoms with Crippen LogP contribution >= 0.6 is 11.3 Å². The van der Waals surface area contributed by atoms with Crippen LogP contribution in [0.1, 0.15) is 35.5 Å². The molecule has 118 valence electrons. The maximum atomic E-state index is 12.3. The fraction of sp³-hybridized carbons (Fsp3) is 0.250. The van der Waals surface area contributed by atoms with Crippen LogP contribution in [0.4, 0.5) is 5.13 Å². The van der Waals surface area contributed by atoms with E-state index in [-0.39, 0.29) is 24.3 Å². The molecule has 2 amide bonds. The van der Waals surface area contributed by atoms with E-state index in [4.69, 9.17) is 0 Å². The lowest BCUT2D eigenvalue weighted by Gasteiger charge is -2.32. The Balaban J connectivity index is 1.81. The SMILES string of the molecule is CC(=O)N1C=Cc2ccccc2C1CC(=O)Nc1nnc(C)s1. The average molecular weight is 328 g/mol. The second-order valence-corrected chi connectivity index (χ2v) is 6.45. The third-order valence-electron chi connectivity index (χ3n) is 3.62. The molecule has 0 saturated carbocycles. The molecule has 1 aliphatic heterocycles. The zero-order chi connectivity index (χ0) is 16.4. The van der Waals surface area contributed by atoms with Gasteiger partial charge < -0.3 is 10.2 Å². The summed E-state index contributed by atoms with van der Waals surface area (Å²) in [6.45, 7) is 3.32. The number of nitrogens with zero attached hydrogens (tertiary/aromatic N) is 3. The van der Waals surface area contributed by atoms with Gasteiger partial charge in [0, 0.05) is 13.1 Å². The molecule has 6 nitrogen and oxygen atoms in total. The predicted molar refractivity (Wildman–Crippen MR) is 88.6 cm³/mol. The van der Waals surface area contributed by atoms with Crippen LogP contribution in [0.3, 0.4) is 0 Å². The van der Waals surface area contributed by atoms with Crippen molar-refractivity contribution in [3.63, 3.8) is 0 Å². The second kappa shape index (κ2) is 6.29. The van der Waals surface area contributed by atoms with Gasteiger partial charge in [-0.25, -0.2) is 0 Å². The van der Waals surface area contributed by atoms with Crippen molar-refractivity contribution in [2.75, 3.05) is 5.32 Å². The van der Waals surface area contributed by atoms with Crippen molar-refractivity contribution in [1.29, 1.82) is 0 Å². The molecule has 0 fully saturated rings. The molecule has 0 bridgehead atoms. The van der Waals surface area contributed by atoms with Crippen LogP contribution in [0.15, 0.2) is 30.5 Å². The smallest absolute Gasteiger partial charge is 0.228 e. The summed E-state index contributed by atoms with van der Waals surface area (Å²) in [4.78, 5) is 25.8. The van der Waals surface area contributed by atoms with Gasteiger partial charge in [-0.2, -0.15) is 0 Å². The number of carbonyl (C=O) groups excluding carboxylic acids is 2. The molecule has 1 aromatic heterocycles. The number of aromatic nitrogens is 2. The van der Waals surface area contributed by atoms with Crippen LogP contribution in [-0.4, -0.2) is 26.9 Å². The minimum atomic E-state index is -0.317. The molecule has 2 heterocycles. The third-order valence-corrected chi connectivity index (χ3v) is 4.37. The van der Waals surface area contributed by atoms with Crippen LogP contribution in [-0.2, 0) is 9.59 Å². The Kier molecular flexibility index (Phi) is 4.20. The lowest BCUT2D eigenvalue weighted by atomic mass is 9.93. The lowest BCUT2D eigenvalue weighted by molar-refractivity contribution is -0.129. The highest BCUT2D eigenvalue weighted by Crippen LogP contribution is 2.33. The molecular weight excluding hydrogens is 312 g/mol. The zero-order valence-corrected chi connectivity index (χ0v) is 13.6. The van der Waals surface area contributed by atoms with Crippen LogP contribution < -0.4 is 5.32 Å². The maximum absolute atomic E-state index is 12.3. The molecule has 0 aliphatic carbocycles. The van der Waals surface area contributed by atoms with Crippen molar-refractivity contribution >= 4 is 34.4 Å². The Morgan fingerprint density at radius 1 is 1.30 bits per heavy atom. The molecule has 1 N–H and O–H groups in total. The maximum Gasteiger partial charge on any atom is 0.228 e. The van der Waals surface area contributed by atoms with Crippen LogP contribution in [0, 0.1) is 6.92 Å². The number of hydrogen-bond donors (Lipinski definition) is 1. The molecule has 23 heavy (non-hydrogen) atoms. The minimum absolute atomic E-state index is 0.0969. The van der Waals surface area contributed by atoms with E-state index >= 15 is 0 Å². The summed E-state index contributed by atoms with van der Waals surface area (Å²) in [5, 5.41) is 11.8. The Morgan fingerprint density at radius 3 is 2.78 bits per heavy atom. The fourth-order valence-electron chi connectivity index (χ4n) is 2.61. The summed E-state index contributed by atoms with van der Waals surface area (Å²) >= 11 is 1.32. The van der Waals surface area contributed by atoms with E-state index in [0.29, 0.717) is 5.13 Å². The van der Waals surface area contributed by atoms with Crippen molar-refractivity contribution < 1.29 is 9.59 Å². The summed E-state index contributed by atoms with van der Waals surface area (Å²) in [5.41, 5.74) is 1.99. The number of benzene rings is 1. The lowest BCUT2D eigenvalue weighted by Crippen LogP contribution is -2.33. The monoisotopic (exact) mass is 328 g/mol. The van der Waals surface area contributed by atoms with Gasteiger partial charge in [-0.3, -0.25) is 9.59 Å². The summed E-state index contributed by atoms with van der Waals surface area (Å²) in [6.07, 6.45) is 3.79. The fourth-order valence-corrected chi connectivity index (χ4v) is 3.21. The number of carbonyl (C=O) groups is 2. The molecule has 1 atom stereocenters. The van der Waals surface area contributed by atoms with E-state index in [9.17, 15) is 9.59 Å². The third kappa shape index (κ3) is 3.29. The molecular formula is C16H16N4O2S. The number of hydrogen-bond acceptors (Lipinski definition) is 5. The number of amides is 2.